The van der Waals surface area contributed by atoms with Gasteiger partial charge in [0.2, 0.25) is 0 Å². The summed E-state index contributed by atoms with van der Waals surface area (Å²) in [6.45, 7) is 3.30. The molecule has 1 saturated heterocycles. The molecule has 2 atom stereocenters. The Hall–Kier alpha value is -0.380. The number of rotatable bonds is 3. The van der Waals surface area contributed by atoms with Crippen LogP contribution in [0.3, 0.4) is 0 Å². The third-order valence-electron chi connectivity index (χ3n) is 2.97. The summed E-state index contributed by atoms with van der Waals surface area (Å²) in [5.41, 5.74) is 0.142. The Bertz CT molecular complexity index is 277. The highest BCUT2D eigenvalue weighted by molar-refractivity contribution is 7.10. The predicted octanol–water partition coefficient (Wildman–Crippen LogP) is 2.31. The molecular formula is C11H17NOS. The molecule has 2 rings (SSSR count). The molecule has 2 N–H and O–H groups in total. The molecule has 0 spiro atoms. The van der Waals surface area contributed by atoms with Crippen molar-refractivity contribution in [2.75, 3.05) is 6.54 Å². The number of hydrogen-bond acceptors (Lipinski definition) is 3. The van der Waals surface area contributed by atoms with Crippen LogP contribution in [-0.2, 0) is 0 Å². The van der Waals surface area contributed by atoms with Crippen LogP contribution < -0.4 is 5.32 Å². The van der Waals surface area contributed by atoms with Crippen molar-refractivity contribution < 1.29 is 5.11 Å². The third kappa shape index (κ3) is 2.16. The molecule has 1 aliphatic rings. The average molecular weight is 211 g/mol. The molecule has 78 valence electrons. The zero-order chi connectivity index (χ0) is 10.0. The fourth-order valence-electron chi connectivity index (χ4n) is 2.14. The highest BCUT2D eigenvalue weighted by Crippen LogP contribution is 2.31. The molecule has 1 aromatic heterocycles. The minimum atomic E-state index is -0.300. The largest absolute Gasteiger partial charge is 0.388 e. The Morgan fingerprint density at radius 3 is 3.14 bits per heavy atom. The molecule has 0 saturated carbocycles. The van der Waals surface area contributed by atoms with Gasteiger partial charge >= 0.3 is 0 Å². The van der Waals surface area contributed by atoms with E-state index in [0.717, 1.165) is 17.8 Å². The summed E-state index contributed by atoms with van der Waals surface area (Å²) in [5, 5.41) is 15.5. The fourth-order valence-corrected chi connectivity index (χ4v) is 2.85. The molecule has 0 aliphatic carbocycles. The Morgan fingerprint density at radius 1 is 1.71 bits per heavy atom. The van der Waals surface area contributed by atoms with E-state index in [2.05, 4.69) is 12.2 Å². The van der Waals surface area contributed by atoms with Crippen molar-refractivity contribution in [3.05, 3.63) is 22.4 Å². The van der Waals surface area contributed by atoms with E-state index in [4.69, 9.17) is 0 Å². The van der Waals surface area contributed by atoms with Crippen LogP contribution in [0.2, 0.25) is 0 Å². The van der Waals surface area contributed by atoms with Crippen LogP contribution >= 0.6 is 11.3 Å². The molecule has 1 aromatic rings. The van der Waals surface area contributed by atoms with Crippen LogP contribution in [0.15, 0.2) is 17.5 Å². The number of hydrogen-bond donors (Lipinski definition) is 2. The van der Waals surface area contributed by atoms with Crippen molar-refractivity contribution in [3.8, 4) is 0 Å². The molecule has 0 aromatic carbocycles. The van der Waals surface area contributed by atoms with Crippen LogP contribution in [0.5, 0.6) is 0 Å². The number of aliphatic hydroxyl groups excluding tert-OH is 1. The SMILES string of the molecule is CC1(CC(O)c2cccs2)CCCN1. The molecule has 0 amide bonds. The lowest BCUT2D eigenvalue weighted by Gasteiger charge is -2.26. The van der Waals surface area contributed by atoms with Crippen LogP contribution in [-0.4, -0.2) is 17.2 Å². The highest BCUT2D eigenvalue weighted by atomic mass is 32.1. The Balaban J connectivity index is 1.97. The predicted molar refractivity (Wildman–Crippen MR) is 59.5 cm³/mol. The summed E-state index contributed by atoms with van der Waals surface area (Å²) >= 11 is 1.64. The minimum absolute atomic E-state index is 0.142. The van der Waals surface area contributed by atoms with E-state index in [0.29, 0.717) is 0 Å². The van der Waals surface area contributed by atoms with Crippen molar-refractivity contribution in [1.29, 1.82) is 0 Å². The second kappa shape index (κ2) is 4.01. The van der Waals surface area contributed by atoms with Crippen molar-refractivity contribution >= 4 is 11.3 Å². The Morgan fingerprint density at radius 2 is 2.57 bits per heavy atom. The van der Waals surface area contributed by atoms with Gasteiger partial charge in [0.25, 0.3) is 0 Å². The van der Waals surface area contributed by atoms with Gasteiger partial charge in [0, 0.05) is 10.4 Å². The normalized spacial score (nSPS) is 29.3. The van der Waals surface area contributed by atoms with E-state index in [1.807, 2.05) is 17.5 Å². The van der Waals surface area contributed by atoms with E-state index in [1.165, 1.54) is 12.8 Å². The van der Waals surface area contributed by atoms with E-state index < -0.39 is 0 Å². The summed E-state index contributed by atoms with van der Waals surface area (Å²) in [6.07, 6.45) is 2.93. The van der Waals surface area contributed by atoms with Gasteiger partial charge in [-0.1, -0.05) is 6.07 Å². The molecule has 0 radical (unpaired) electrons. The van der Waals surface area contributed by atoms with Gasteiger partial charge in [0.05, 0.1) is 6.10 Å². The zero-order valence-corrected chi connectivity index (χ0v) is 9.31. The molecular weight excluding hydrogens is 194 g/mol. The van der Waals surface area contributed by atoms with E-state index in [9.17, 15) is 5.11 Å². The van der Waals surface area contributed by atoms with Gasteiger partial charge in [-0.05, 0) is 44.2 Å². The van der Waals surface area contributed by atoms with Crippen LogP contribution in [0, 0.1) is 0 Å². The maximum atomic E-state index is 10.0. The van der Waals surface area contributed by atoms with Gasteiger partial charge in [-0.3, -0.25) is 0 Å². The Kier molecular flexibility index (Phi) is 2.91. The van der Waals surface area contributed by atoms with Gasteiger partial charge in [-0.15, -0.1) is 11.3 Å². The fraction of sp³-hybridized carbons (Fsp3) is 0.636. The summed E-state index contributed by atoms with van der Waals surface area (Å²) in [4.78, 5) is 1.08. The first-order chi connectivity index (χ1) is 6.70. The first-order valence-electron chi connectivity index (χ1n) is 5.16. The monoisotopic (exact) mass is 211 g/mol. The van der Waals surface area contributed by atoms with Gasteiger partial charge in [-0.2, -0.15) is 0 Å². The lowest BCUT2D eigenvalue weighted by Crippen LogP contribution is -2.37. The molecule has 2 nitrogen and oxygen atoms in total. The molecule has 2 heterocycles. The van der Waals surface area contributed by atoms with E-state index in [-0.39, 0.29) is 11.6 Å². The van der Waals surface area contributed by atoms with Crippen LogP contribution in [0.25, 0.3) is 0 Å². The maximum absolute atomic E-state index is 10.0. The van der Waals surface area contributed by atoms with Crippen molar-refractivity contribution in [1.82, 2.24) is 5.32 Å². The molecule has 1 aliphatic heterocycles. The number of thiophene rings is 1. The van der Waals surface area contributed by atoms with Gasteiger partial charge in [0.15, 0.2) is 0 Å². The van der Waals surface area contributed by atoms with Crippen molar-refractivity contribution in [2.24, 2.45) is 0 Å². The summed E-state index contributed by atoms with van der Waals surface area (Å²) in [5.74, 6) is 0. The minimum Gasteiger partial charge on any atom is -0.388 e. The second-order valence-electron chi connectivity index (χ2n) is 4.33. The smallest absolute Gasteiger partial charge is 0.0899 e. The van der Waals surface area contributed by atoms with Gasteiger partial charge in [-0.25, -0.2) is 0 Å². The molecule has 0 bridgehead atoms. The standard InChI is InChI=1S/C11H17NOS/c1-11(5-3-6-12-11)8-9(13)10-4-2-7-14-10/h2,4,7,9,12-13H,3,5-6,8H2,1H3. The third-order valence-corrected chi connectivity index (χ3v) is 3.95. The second-order valence-corrected chi connectivity index (χ2v) is 5.31. The topological polar surface area (TPSA) is 32.3 Å². The highest BCUT2D eigenvalue weighted by Gasteiger charge is 2.30. The lowest BCUT2D eigenvalue weighted by molar-refractivity contribution is 0.134. The van der Waals surface area contributed by atoms with Gasteiger partial charge < -0.3 is 10.4 Å². The quantitative estimate of drug-likeness (QED) is 0.804. The maximum Gasteiger partial charge on any atom is 0.0899 e. The summed E-state index contributed by atoms with van der Waals surface area (Å²) in [7, 11) is 0. The zero-order valence-electron chi connectivity index (χ0n) is 8.49. The van der Waals surface area contributed by atoms with Gasteiger partial charge in [0.1, 0.15) is 0 Å². The Labute approximate surface area is 89.0 Å². The van der Waals surface area contributed by atoms with Crippen molar-refractivity contribution in [2.45, 2.75) is 37.8 Å². The first-order valence-corrected chi connectivity index (χ1v) is 6.04. The lowest BCUT2D eigenvalue weighted by atomic mass is 9.92. The van der Waals surface area contributed by atoms with E-state index in [1.54, 1.807) is 11.3 Å². The number of nitrogens with one attached hydrogen (secondary N) is 1. The van der Waals surface area contributed by atoms with Crippen molar-refractivity contribution in [3.63, 3.8) is 0 Å². The van der Waals surface area contributed by atoms with Crippen LogP contribution in [0.4, 0.5) is 0 Å². The van der Waals surface area contributed by atoms with E-state index >= 15 is 0 Å². The molecule has 3 heteroatoms. The molecule has 1 fully saturated rings. The summed E-state index contributed by atoms with van der Waals surface area (Å²) < 4.78 is 0. The summed E-state index contributed by atoms with van der Waals surface area (Å²) in [6, 6.07) is 4.00. The number of aliphatic hydroxyl groups is 1. The first kappa shape index (κ1) is 10.1. The molecule has 14 heavy (non-hydrogen) atoms. The molecule has 2 unspecified atom stereocenters. The average Bonchev–Trinajstić information content (AvgIpc) is 2.74. The van der Waals surface area contributed by atoms with Crippen LogP contribution in [0.1, 0.15) is 37.2 Å².